The van der Waals surface area contributed by atoms with E-state index in [4.69, 9.17) is 16.3 Å². The predicted octanol–water partition coefficient (Wildman–Crippen LogP) is 1.23. The van der Waals surface area contributed by atoms with Crippen LogP contribution >= 0.6 is 11.6 Å². The van der Waals surface area contributed by atoms with Gasteiger partial charge in [-0.1, -0.05) is 11.6 Å². The highest BCUT2D eigenvalue weighted by Gasteiger charge is 2.02. The monoisotopic (exact) mass is 217 g/mol. The maximum absolute atomic E-state index is 10.9. The first-order valence-electron chi connectivity index (χ1n) is 3.62. The highest BCUT2D eigenvalue weighted by molar-refractivity contribution is 6.17. The first kappa shape index (κ1) is 10.5. The lowest BCUT2D eigenvalue weighted by Crippen LogP contribution is -2.13. The zero-order valence-electron chi connectivity index (χ0n) is 7.36. The number of carbonyl (C=O) groups excluding carboxylic acids is 1. The summed E-state index contributed by atoms with van der Waals surface area (Å²) < 4.78 is 9.17. The maximum Gasteiger partial charge on any atom is 0.412 e. The van der Waals surface area contributed by atoms with Crippen LogP contribution in [0.5, 0.6) is 6.01 Å². The Labute approximate surface area is 85.2 Å². The van der Waals surface area contributed by atoms with Gasteiger partial charge in [0, 0.05) is 0 Å². The molecule has 0 unspecified atom stereocenters. The largest absolute Gasteiger partial charge is 0.467 e. The van der Waals surface area contributed by atoms with E-state index < -0.39 is 6.09 Å². The molecule has 0 spiro atoms. The lowest BCUT2D eigenvalue weighted by molar-refractivity contribution is 0.180. The molecule has 1 aromatic rings. The lowest BCUT2D eigenvalue weighted by atomic mass is 10.5. The van der Waals surface area contributed by atoms with E-state index in [2.05, 4.69) is 20.0 Å². The van der Waals surface area contributed by atoms with Crippen LogP contribution in [0, 0.1) is 0 Å². The van der Waals surface area contributed by atoms with Crippen molar-refractivity contribution in [3.63, 3.8) is 0 Å². The predicted molar refractivity (Wildman–Crippen MR) is 49.4 cm³/mol. The molecule has 0 aromatic carbocycles. The fraction of sp³-hybridized carbons (Fsp3) is 0.286. The summed E-state index contributed by atoms with van der Waals surface area (Å²) in [7, 11) is 1.45. The Hall–Kier alpha value is -1.56. The average Bonchev–Trinajstić information content (AvgIpc) is 2.19. The first-order chi connectivity index (χ1) is 6.76. The Balaban J connectivity index is 2.55. The molecule has 1 amide bonds. The van der Waals surface area contributed by atoms with Gasteiger partial charge in [-0.25, -0.2) is 14.8 Å². The van der Waals surface area contributed by atoms with E-state index in [9.17, 15) is 4.79 Å². The van der Waals surface area contributed by atoms with Crippen LogP contribution in [-0.2, 0) is 4.74 Å². The highest BCUT2D eigenvalue weighted by atomic mass is 35.5. The molecule has 0 aliphatic rings. The van der Waals surface area contributed by atoms with Crippen molar-refractivity contribution >= 4 is 23.4 Å². The minimum Gasteiger partial charge on any atom is -0.467 e. The number of hydrogen-bond acceptors (Lipinski definition) is 5. The summed E-state index contributed by atoms with van der Waals surface area (Å²) in [6.07, 6.45) is 2.12. The lowest BCUT2D eigenvalue weighted by Gasteiger charge is -2.03. The van der Waals surface area contributed by atoms with Crippen molar-refractivity contribution in [3.8, 4) is 6.01 Å². The minimum absolute atomic E-state index is 0.206. The van der Waals surface area contributed by atoms with Crippen LogP contribution in [0.25, 0.3) is 0 Å². The standard InChI is InChI=1S/C7H8ClN3O3/c1-13-6-9-2-5(3-10-6)11-7(12)14-4-8/h2-3H,4H2,1H3,(H,11,12). The van der Waals surface area contributed by atoms with Gasteiger partial charge in [0.05, 0.1) is 25.2 Å². The molecule has 7 heteroatoms. The second kappa shape index (κ2) is 5.23. The number of nitrogens with one attached hydrogen (secondary N) is 1. The van der Waals surface area contributed by atoms with Gasteiger partial charge in [0.1, 0.15) is 0 Å². The van der Waals surface area contributed by atoms with E-state index in [1.165, 1.54) is 19.5 Å². The van der Waals surface area contributed by atoms with Crippen LogP contribution in [0.4, 0.5) is 10.5 Å². The Morgan fingerprint density at radius 2 is 2.21 bits per heavy atom. The number of alkyl halides is 1. The second-order valence-electron chi connectivity index (χ2n) is 2.12. The summed E-state index contributed by atoms with van der Waals surface area (Å²) in [6.45, 7) is 0. The highest BCUT2D eigenvalue weighted by Crippen LogP contribution is 2.06. The molecule has 1 heterocycles. The van der Waals surface area contributed by atoms with Gasteiger partial charge >= 0.3 is 12.1 Å². The minimum atomic E-state index is -0.659. The molecule has 0 atom stereocenters. The molecule has 0 saturated heterocycles. The summed E-state index contributed by atoms with van der Waals surface area (Å²) in [5.74, 6) is 0. The number of nitrogens with zero attached hydrogens (tertiary/aromatic N) is 2. The van der Waals surface area contributed by atoms with Gasteiger partial charge in [-0.3, -0.25) is 5.32 Å². The van der Waals surface area contributed by atoms with Crippen LogP contribution in [0.2, 0.25) is 0 Å². The number of aromatic nitrogens is 2. The van der Waals surface area contributed by atoms with Crippen molar-refractivity contribution in [2.75, 3.05) is 18.5 Å². The number of ether oxygens (including phenoxy) is 2. The van der Waals surface area contributed by atoms with Crippen molar-refractivity contribution in [1.82, 2.24) is 9.97 Å². The summed E-state index contributed by atoms with van der Waals surface area (Å²) in [5, 5.41) is 2.37. The summed E-state index contributed by atoms with van der Waals surface area (Å²) in [6, 6.07) is 0.0179. The van der Waals surface area contributed by atoms with E-state index in [-0.39, 0.29) is 12.1 Å². The van der Waals surface area contributed by atoms with E-state index in [1.807, 2.05) is 0 Å². The van der Waals surface area contributed by atoms with Crippen molar-refractivity contribution < 1.29 is 14.3 Å². The quantitative estimate of drug-likeness (QED) is 0.771. The number of amides is 1. The number of carbonyl (C=O) groups is 1. The van der Waals surface area contributed by atoms with Crippen molar-refractivity contribution in [1.29, 1.82) is 0 Å². The van der Waals surface area contributed by atoms with Gasteiger partial charge in [-0.15, -0.1) is 0 Å². The number of rotatable bonds is 3. The molecule has 1 N–H and O–H groups in total. The Morgan fingerprint density at radius 3 is 2.71 bits per heavy atom. The van der Waals surface area contributed by atoms with Crippen LogP contribution in [0.15, 0.2) is 12.4 Å². The van der Waals surface area contributed by atoms with Gasteiger partial charge in [0.2, 0.25) is 0 Å². The second-order valence-corrected chi connectivity index (χ2v) is 2.34. The third-order valence-electron chi connectivity index (χ3n) is 1.24. The zero-order valence-corrected chi connectivity index (χ0v) is 8.11. The number of methoxy groups -OCH3 is 1. The van der Waals surface area contributed by atoms with E-state index in [0.717, 1.165) is 0 Å². The SMILES string of the molecule is COc1ncc(NC(=O)OCCl)cn1. The Morgan fingerprint density at radius 1 is 1.57 bits per heavy atom. The van der Waals surface area contributed by atoms with Crippen molar-refractivity contribution in [2.45, 2.75) is 0 Å². The van der Waals surface area contributed by atoms with Crippen LogP contribution in [0.3, 0.4) is 0 Å². The molecule has 6 nitrogen and oxygen atoms in total. The first-order valence-corrected chi connectivity index (χ1v) is 4.15. The van der Waals surface area contributed by atoms with E-state index in [0.29, 0.717) is 5.69 Å². The third-order valence-corrected chi connectivity index (χ3v) is 1.35. The van der Waals surface area contributed by atoms with Crippen molar-refractivity contribution in [2.24, 2.45) is 0 Å². The fourth-order valence-electron chi connectivity index (χ4n) is 0.690. The molecule has 76 valence electrons. The molecule has 0 aliphatic carbocycles. The van der Waals surface area contributed by atoms with Crippen LogP contribution in [-0.4, -0.2) is 29.2 Å². The molecule has 0 fully saturated rings. The molecule has 1 aromatic heterocycles. The van der Waals surface area contributed by atoms with Gasteiger partial charge in [0.25, 0.3) is 0 Å². The Bertz CT molecular complexity index is 304. The fourth-order valence-corrected chi connectivity index (χ4v) is 0.789. The molecule has 0 bridgehead atoms. The molecule has 0 radical (unpaired) electrons. The average molecular weight is 218 g/mol. The molecule has 0 saturated carbocycles. The number of anilines is 1. The summed E-state index contributed by atoms with van der Waals surface area (Å²) in [5.41, 5.74) is 0.404. The van der Waals surface area contributed by atoms with Crippen LogP contribution in [0.1, 0.15) is 0 Å². The van der Waals surface area contributed by atoms with E-state index in [1.54, 1.807) is 0 Å². The van der Waals surface area contributed by atoms with Crippen LogP contribution < -0.4 is 10.1 Å². The zero-order chi connectivity index (χ0) is 10.4. The smallest absolute Gasteiger partial charge is 0.412 e. The Kier molecular flexibility index (Phi) is 3.93. The van der Waals surface area contributed by atoms with Crippen molar-refractivity contribution in [3.05, 3.63) is 12.4 Å². The van der Waals surface area contributed by atoms with Gasteiger partial charge in [-0.05, 0) is 0 Å². The normalized spacial score (nSPS) is 9.29. The molecule has 14 heavy (non-hydrogen) atoms. The molecule has 1 rings (SSSR count). The third kappa shape index (κ3) is 3.06. The van der Waals surface area contributed by atoms with Gasteiger partial charge in [0.15, 0.2) is 6.07 Å². The van der Waals surface area contributed by atoms with Gasteiger partial charge < -0.3 is 9.47 Å². The molecular weight excluding hydrogens is 210 g/mol. The molecule has 0 aliphatic heterocycles. The molecular formula is C7H8ClN3O3. The van der Waals surface area contributed by atoms with Gasteiger partial charge in [-0.2, -0.15) is 0 Å². The topological polar surface area (TPSA) is 73.3 Å². The maximum atomic E-state index is 10.9. The summed E-state index contributed by atoms with van der Waals surface area (Å²) in [4.78, 5) is 18.4. The number of hydrogen-bond donors (Lipinski definition) is 1. The number of halogens is 1. The van der Waals surface area contributed by atoms with E-state index >= 15 is 0 Å². The summed E-state index contributed by atoms with van der Waals surface area (Å²) >= 11 is 5.18.